The summed E-state index contributed by atoms with van der Waals surface area (Å²) in [6.45, 7) is 6.95. The Balaban J connectivity index is 1.24. The maximum Gasteiger partial charge on any atom is 0.205 e. The second-order valence-corrected chi connectivity index (χ2v) is 8.38. The lowest BCUT2D eigenvalue weighted by Gasteiger charge is -2.35. The van der Waals surface area contributed by atoms with E-state index in [2.05, 4.69) is 44.4 Å². The summed E-state index contributed by atoms with van der Waals surface area (Å²) in [5, 5.41) is 0. The first-order chi connectivity index (χ1) is 13.6. The maximum atomic E-state index is 12.4. The van der Waals surface area contributed by atoms with Gasteiger partial charge in [-0.3, -0.25) is 14.7 Å². The van der Waals surface area contributed by atoms with Crippen molar-refractivity contribution in [3.8, 4) is 0 Å². The number of hydrogen-bond acceptors (Lipinski definition) is 5. The predicted molar refractivity (Wildman–Crippen MR) is 109 cm³/mol. The van der Waals surface area contributed by atoms with E-state index in [9.17, 15) is 4.79 Å². The van der Waals surface area contributed by atoms with Crippen LogP contribution >= 0.6 is 0 Å². The fourth-order valence-corrected chi connectivity index (χ4v) is 4.31. The Morgan fingerprint density at radius 3 is 2.57 bits per heavy atom. The van der Waals surface area contributed by atoms with E-state index in [1.54, 1.807) is 0 Å². The van der Waals surface area contributed by atoms with Gasteiger partial charge in [0.15, 0.2) is 5.78 Å². The number of aromatic nitrogens is 3. The normalized spacial score (nSPS) is 20.3. The van der Waals surface area contributed by atoms with Crippen molar-refractivity contribution < 1.29 is 4.79 Å². The van der Waals surface area contributed by atoms with Crippen LogP contribution in [-0.2, 0) is 24.8 Å². The zero-order valence-electron chi connectivity index (χ0n) is 16.7. The van der Waals surface area contributed by atoms with Gasteiger partial charge >= 0.3 is 0 Å². The molecule has 5 rings (SSSR count). The van der Waals surface area contributed by atoms with E-state index in [1.165, 1.54) is 11.3 Å². The van der Waals surface area contributed by atoms with Gasteiger partial charge in [-0.05, 0) is 42.9 Å². The van der Waals surface area contributed by atoms with Crippen LogP contribution in [0.15, 0.2) is 24.0 Å². The van der Waals surface area contributed by atoms with Crippen LogP contribution in [0.25, 0.3) is 6.08 Å². The Labute approximate surface area is 165 Å². The van der Waals surface area contributed by atoms with E-state index >= 15 is 0 Å². The Morgan fingerprint density at radius 2 is 1.89 bits per heavy atom. The van der Waals surface area contributed by atoms with Gasteiger partial charge in [-0.25, -0.2) is 4.98 Å². The average molecular weight is 377 g/mol. The standard InChI is InChI=1S/C22H27N5O/c1-15-12-24-22(25(15)2)27-7-5-26(6-8-27)14-16-9-18-10-21(28)19(17-3-4-17)11-20(18)23-13-16/h9,11-13,17H,3-8,10,14H2,1-2H3. The molecule has 1 saturated carbocycles. The van der Waals surface area contributed by atoms with E-state index in [4.69, 9.17) is 0 Å². The number of hydrogen-bond donors (Lipinski definition) is 0. The van der Waals surface area contributed by atoms with Crippen molar-refractivity contribution >= 4 is 17.8 Å². The van der Waals surface area contributed by atoms with Crippen LogP contribution in [-0.4, -0.2) is 51.4 Å². The van der Waals surface area contributed by atoms with Crippen LogP contribution < -0.4 is 4.90 Å². The van der Waals surface area contributed by atoms with Gasteiger partial charge in [0.2, 0.25) is 5.95 Å². The lowest BCUT2D eigenvalue weighted by Crippen LogP contribution is -2.46. The number of nitrogens with zero attached hydrogens (tertiary/aromatic N) is 5. The SMILES string of the molecule is Cc1cnc(N2CCN(Cc3cnc4c(c3)CC(=O)C(C3CC3)=C4)CC2)n1C. The highest BCUT2D eigenvalue weighted by atomic mass is 16.1. The number of anilines is 1. The van der Waals surface area contributed by atoms with Gasteiger partial charge in [-0.15, -0.1) is 0 Å². The van der Waals surface area contributed by atoms with Crippen molar-refractivity contribution in [1.29, 1.82) is 0 Å². The number of ketones is 1. The minimum Gasteiger partial charge on any atom is -0.340 e. The highest BCUT2D eigenvalue weighted by Crippen LogP contribution is 2.40. The second kappa shape index (κ2) is 6.85. The summed E-state index contributed by atoms with van der Waals surface area (Å²) in [6, 6.07) is 2.19. The molecule has 0 atom stereocenters. The van der Waals surface area contributed by atoms with Crippen LogP contribution in [0.3, 0.4) is 0 Å². The molecule has 0 unspecified atom stereocenters. The van der Waals surface area contributed by atoms with Crippen molar-refractivity contribution in [1.82, 2.24) is 19.4 Å². The van der Waals surface area contributed by atoms with Crippen LogP contribution in [0.1, 0.15) is 35.4 Å². The van der Waals surface area contributed by atoms with Crippen molar-refractivity contribution in [2.45, 2.75) is 32.7 Å². The Hall–Kier alpha value is -2.47. The lowest BCUT2D eigenvalue weighted by molar-refractivity contribution is -0.115. The Bertz CT molecular complexity index is 948. The highest BCUT2D eigenvalue weighted by Gasteiger charge is 2.33. The van der Waals surface area contributed by atoms with E-state index in [0.717, 1.165) is 68.3 Å². The first-order valence-corrected chi connectivity index (χ1v) is 10.3. The molecule has 0 N–H and O–H groups in total. The number of carbonyl (C=O) groups is 1. The van der Waals surface area contributed by atoms with E-state index < -0.39 is 0 Å². The summed E-state index contributed by atoms with van der Waals surface area (Å²) in [5.74, 6) is 1.86. The molecule has 2 aromatic rings. The van der Waals surface area contributed by atoms with Crippen LogP contribution in [0.5, 0.6) is 0 Å². The summed E-state index contributed by atoms with van der Waals surface area (Å²) < 4.78 is 2.16. The van der Waals surface area contributed by atoms with Gasteiger partial charge in [-0.1, -0.05) is 6.07 Å². The molecular formula is C22H27N5O. The summed E-state index contributed by atoms with van der Waals surface area (Å²) in [6.07, 6.45) is 8.81. The van der Waals surface area contributed by atoms with E-state index in [1.807, 2.05) is 18.5 Å². The monoisotopic (exact) mass is 377 g/mol. The number of allylic oxidation sites excluding steroid dienone is 1. The summed E-state index contributed by atoms with van der Waals surface area (Å²) in [4.78, 5) is 26.5. The molecule has 3 heterocycles. The minimum absolute atomic E-state index is 0.299. The second-order valence-electron chi connectivity index (χ2n) is 8.38. The molecule has 0 amide bonds. The number of piperazine rings is 1. The molecule has 2 aromatic heterocycles. The largest absolute Gasteiger partial charge is 0.340 e. The molecule has 1 aliphatic heterocycles. The topological polar surface area (TPSA) is 54.3 Å². The summed E-state index contributed by atoms with van der Waals surface area (Å²) in [5.41, 5.74) is 5.49. The smallest absolute Gasteiger partial charge is 0.205 e. The number of carbonyl (C=O) groups excluding carboxylic acids is 1. The van der Waals surface area contributed by atoms with Crippen molar-refractivity contribution in [2.75, 3.05) is 31.1 Å². The van der Waals surface area contributed by atoms with Crippen LogP contribution in [0.4, 0.5) is 5.95 Å². The first kappa shape index (κ1) is 17.6. The average Bonchev–Trinajstić information content (AvgIpc) is 3.48. The lowest BCUT2D eigenvalue weighted by atomic mass is 9.91. The molecule has 28 heavy (non-hydrogen) atoms. The molecule has 0 bridgehead atoms. The van der Waals surface area contributed by atoms with Crippen LogP contribution in [0.2, 0.25) is 0 Å². The predicted octanol–water partition coefficient (Wildman–Crippen LogP) is 2.36. The molecule has 0 radical (unpaired) electrons. The zero-order valence-corrected chi connectivity index (χ0v) is 16.7. The molecule has 2 fully saturated rings. The first-order valence-electron chi connectivity index (χ1n) is 10.3. The molecule has 6 nitrogen and oxygen atoms in total. The Morgan fingerprint density at radius 1 is 1.11 bits per heavy atom. The van der Waals surface area contributed by atoms with Gasteiger partial charge in [0.05, 0.1) is 11.9 Å². The molecule has 1 saturated heterocycles. The third-order valence-corrected chi connectivity index (χ3v) is 6.30. The Kier molecular flexibility index (Phi) is 4.31. The fourth-order valence-electron chi connectivity index (χ4n) is 4.31. The number of aryl methyl sites for hydroxylation is 1. The zero-order chi connectivity index (χ0) is 19.3. The van der Waals surface area contributed by atoms with Crippen LogP contribution in [0, 0.1) is 12.8 Å². The molecule has 2 aliphatic carbocycles. The number of rotatable bonds is 4. The van der Waals surface area contributed by atoms with Gasteiger partial charge in [-0.2, -0.15) is 0 Å². The van der Waals surface area contributed by atoms with E-state index in [0.29, 0.717) is 18.1 Å². The molecular weight excluding hydrogens is 350 g/mol. The van der Waals surface area contributed by atoms with Crippen molar-refractivity contribution in [2.24, 2.45) is 13.0 Å². The van der Waals surface area contributed by atoms with Gasteiger partial charge in [0.1, 0.15) is 0 Å². The van der Waals surface area contributed by atoms with Crippen molar-refractivity contribution in [3.63, 3.8) is 0 Å². The molecule has 146 valence electrons. The minimum atomic E-state index is 0.299. The number of fused-ring (bicyclic) bond motifs is 1. The molecule has 0 aromatic carbocycles. The van der Waals surface area contributed by atoms with Gasteiger partial charge in [0.25, 0.3) is 0 Å². The quantitative estimate of drug-likeness (QED) is 0.819. The molecule has 0 spiro atoms. The molecule has 6 heteroatoms. The third kappa shape index (κ3) is 3.26. The number of pyridine rings is 1. The maximum absolute atomic E-state index is 12.4. The summed E-state index contributed by atoms with van der Waals surface area (Å²) >= 11 is 0. The van der Waals surface area contributed by atoms with Crippen molar-refractivity contribution in [3.05, 3.63) is 46.5 Å². The van der Waals surface area contributed by atoms with E-state index in [-0.39, 0.29) is 0 Å². The van der Waals surface area contributed by atoms with Gasteiger partial charge < -0.3 is 9.47 Å². The summed E-state index contributed by atoms with van der Waals surface area (Å²) in [7, 11) is 2.08. The highest BCUT2D eigenvalue weighted by molar-refractivity contribution is 6.04. The molecule has 3 aliphatic rings. The fraction of sp³-hybridized carbons (Fsp3) is 0.500. The number of imidazole rings is 1. The number of Topliss-reactive ketones (excluding diaryl/α,β-unsaturated/α-hetero) is 1. The third-order valence-electron chi connectivity index (χ3n) is 6.30. The van der Waals surface area contributed by atoms with Gasteiger partial charge in [0, 0.05) is 63.7 Å².